The molecule has 0 aromatic carbocycles. The highest BCUT2D eigenvalue weighted by molar-refractivity contribution is 7.99. The van der Waals surface area contributed by atoms with Gasteiger partial charge in [0.15, 0.2) is 0 Å². The SMILES string of the molecule is O=C(CSCc1cccs1)Nc1ccn[nH]1. The van der Waals surface area contributed by atoms with Gasteiger partial charge in [-0.2, -0.15) is 5.10 Å². The third-order valence-electron chi connectivity index (χ3n) is 1.83. The molecule has 0 saturated heterocycles. The molecular weight excluding hydrogens is 242 g/mol. The van der Waals surface area contributed by atoms with E-state index in [0.29, 0.717) is 11.6 Å². The highest BCUT2D eigenvalue weighted by Gasteiger charge is 2.03. The zero-order valence-corrected chi connectivity index (χ0v) is 10.1. The predicted octanol–water partition coefficient (Wildman–Crippen LogP) is 2.34. The van der Waals surface area contributed by atoms with Gasteiger partial charge in [-0.05, 0) is 11.4 Å². The van der Waals surface area contributed by atoms with E-state index in [1.165, 1.54) is 4.88 Å². The van der Waals surface area contributed by atoms with Gasteiger partial charge in [0.1, 0.15) is 5.82 Å². The second-order valence-corrected chi connectivity index (χ2v) is 5.11. The minimum Gasteiger partial charge on any atom is -0.310 e. The number of carbonyl (C=O) groups excluding carboxylic acids is 1. The maximum atomic E-state index is 11.5. The average Bonchev–Trinajstić information content (AvgIpc) is 2.90. The van der Waals surface area contributed by atoms with Crippen LogP contribution < -0.4 is 5.32 Å². The topological polar surface area (TPSA) is 57.8 Å². The Hall–Kier alpha value is -1.27. The van der Waals surface area contributed by atoms with Crippen LogP contribution in [-0.2, 0) is 10.5 Å². The van der Waals surface area contributed by atoms with E-state index >= 15 is 0 Å². The summed E-state index contributed by atoms with van der Waals surface area (Å²) in [4.78, 5) is 12.8. The van der Waals surface area contributed by atoms with Gasteiger partial charge in [-0.25, -0.2) is 0 Å². The van der Waals surface area contributed by atoms with E-state index in [0.717, 1.165) is 5.75 Å². The van der Waals surface area contributed by atoms with Crippen LogP contribution in [0.4, 0.5) is 5.82 Å². The van der Waals surface area contributed by atoms with Crippen molar-refractivity contribution in [2.75, 3.05) is 11.1 Å². The first-order chi connectivity index (χ1) is 7.84. The smallest absolute Gasteiger partial charge is 0.235 e. The van der Waals surface area contributed by atoms with Crippen LogP contribution in [0.15, 0.2) is 29.8 Å². The highest BCUT2D eigenvalue weighted by atomic mass is 32.2. The third kappa shape index (κ3) is 3.39. The summed E-state index contributed by atoms with van der Waals surface area (Å²) < 4.78 is 0. The van der Waals surface area contributed by atoms with Gasteiger partial charge in [0, 0.05) is 16.7 Å². The molecule has 0 radical (unpaired) electrons. The van der Waals surface area contributed by atoms with Gasteiger partial charge in [0.05, 0.1) is 11.9 Å². The van der Waals surface area contributed by atoms with Gasteiger partial charge >= 0.3 is 0 Å². The Morgan fingerprint density at radius 2 is 2.50 bits per heavy atom. The van der Waals surface area contributed by atoms with E-state index in [9.17, 15) is 4.79 Å². The van der Waals surface area contributed by atoms with Crippen molar-refractivity contribution in [1.29, 1.82) is 0 Å². The van der Waals surface area contributed by atoms with Crippen molar-refractivity contribution in [1.82, 2.24) is 10.2 Å². The zero-order valence-electron chi connectivity index (χ0n) is 8.47. The van der Waals surface area contributed by atoms with Gasteiger partial charge in [0.25, 0.3) is 0 Å². The van der Waals surface area contributed by atoms with Gasteiger partial charge in [-0.15, -0.1) is 23.1 Å². The van der Waals surface area contributed by atoms with Gasteiger partial charge in [-0.3, -0.25) is 9.89 Å². The van der Waals surface area contributed by atoms with E-state index in [1.54, 1.807) is 35.4 Å². The molecule has 6 heteroatoms. The fraction of sp³-hybridized carbons (Fsp3) is 0.200. The summed E-state index contributed by atoms with van der Waals surface area (Å²) in [5.74, 6) is 1.97. The molecule has 0 aliphatic heterocycles. The van der Waals surface area contributed by atoms with Crippen molar-refractivity contribution in [3.05, 3.63) is 34.7 Å². The molecule has 4 nitrogen and oxygen atoms in total. The number of anilines is 1. The first kappa shape index (κ1) is 11.2. The highest BCUT2D eigenvalue weighted by Crippen LogP contribution is 2.17. The molecule has 0 aliphatic carbocycles. The molecule has 0 atom stereocenters. The van der Waals surface area contributed by atoms with Gasteiger partial charge < -0.3 is 5.32 Å². The standard InChI is InChI=1S/C10H11N3OS2/c14-10(12-9-3-4-11-13-9)7-15-6-8-2-1-5-16-8/h1-5H,6-7H2,(H2,11,12,13,14). The summed E-state index contributed by atoms with van der Waals surface area (Å²) in [6, 6.07) is 5.82. The molecule has 2 heterocycles. The summed E-state index contributed by atoms with van der Waals surface area (Å²) >= 11 is 3.32. The lowest BCUT2D eigenvalue weighted by Crippen LogP contribution is -2.14. The fourth-order valence-electron chi connectivity index (χ4n) is 1.15. The number of rotatable bonds is 5. The summed E-state index contributed by atoms with van der Waals surface area (Å²) in [5.41, 5.74) is 0. The minimum atomic E-state index is -0.00851. The molecule has 0 fully saturated rings. The Morgan fingerprint density at radius 3 is 3.19 bits per heavy atom. The molecule has 16 heavy (non-hydrogen) atoms. The second kappa shape index (κ2) is 5.72. The number of aromatic nitrogens is 2. The quantitative estimate of drug-likeness (QED) is 0.860. The van der Waals surface area contributed by atoms with Crippen molar-refractivity contribution in [3.63, 3.8) is 0 Å². The van der Waals surface area contributed by atoms with Crippen LogP contribution in [0.5, 0.6) is 0 Å². The molecular formula is C10H11N3OS2. The summed E-state index contributed by atoms with van der Waals surface area (Å²) in [5, 5.41) is 11.2. The molecule has 0 bridgehead atoms. The molecule has 0 saturated carbocycles. The summed E-state index contributed by atoms with van der Waals surface area (Å²) in [6.45, 7) is 0. The van der Waals surface area contributed by atoms with E-state index in [4.69, 9.17) is 0 Å². The van der Waals surface area contributed by atoms with Crippen LogP contribution in [0.1, 0.15) is 4.88 Å². The number of amides is 1. The number of H-pyrrole nitrogens is 1. The molecule has 0 aliphatic rings. The van der Waals surface area contributed by atoms with Crippen molar-refractivity contribution in [2.24, 2.45) is 0 Å². The number of nitrogens with one attached hydrogen (secondary N) is 2. The molecule has 1 amide bonds. The van der Waals surface area contributed by atoms with Crippen molar-refractivity contribution < 1.29 is 4.79 Å². The van der Waals surface area contributed by atoms with Crippen molar-refractivity contribution in [2.45, 2.75) is 5.75 Å². The molecule has 2 aromatic heterocycles. The Labute approximate surface area is 101 Å². The lowest BCUT2D eigenvalue weighted by atomic mass is 10.5. The van der Waals surface area contributed by atoms with E-state index in [1.807, 2.05) is 11.4 Å². The molecule has 2 N–H and O–H groups in total. The van der Waals surface area contributed by atoms with Gasteiger partial charge in [-0.1, -0.05) is 6.07 Å². The van der Waals surface area contributed by atoms with Crippen LogP contribution in [0, 0.1) is 0 Å². The van der Waals surface area contributed by atoms with Crippen LogP contribution in [0.3, 0.4) is 0 Å². The largest absolute Gasteiger partial charge is 0.310 e. The average molecular weight is 253 g/mol. The minimum absolute atomic E-state index is 0.00851. The second-order valence-electron chi connectivity index (χ2n) is 3.09. The van der Waals surface area contributed by atoms with Crippen LogP contribution in [0.2, 0.25) is 0 Å². The zero-order chi connectivity index (χ0) is 11.2. The van der Waals surface area contributed by atoms with Crippen LogP contribution >= 0.6 is 23.1 Å². The first-order valence-electron chi connectivity index (χ1n) is 4.74. The predicted molar refractivity (Wildman–Crippen MR) is 67.7 cm³/mol. The lowest BCUT2D eigenvalue weighted by Gasteiger charge is -2.01. The molecule has 0 spiro atoms. The number of aromatic amines is 1. The molecule has 0 unspecified atom stereocenters. The van der Waals surface area contributed by atoms with Crippen LogP contribution in [-0.4, -0.2) is 21.9 Å². The maximum Gasteiger partial charge on any atom is 0.235 e. The number of hydrogen-bond donors (Lipinski definition) is 2. The van der Waals surface area contributed by atoms with Gasteiger partial charge in [0.2, 0.25) is 5.91 Å². The Bertz CT molecular complexity index is 425. The molecule has 2 aromatic rings. The summed E-state index contributed by atoms with van der Waals surface area (Å²) in [7, 11) is 0. The third-order valence-corrected chi connectivity index (χ3v) is 3.87. The maximum absolute atomic E-state index is 11.5. The Kier molecular flexibility index (Phi) is 4.01. The molecule has 84 valence electrons. The molecule has 2 rings (SSSR count). The van der Waals surface area contributed by atoms with Crippen LogP contribution in [0.25, 0.3) is 0 Å². The normalized spacial score (nSPS) is 10.2. The van der Waals surface area contributed by atoms with E-state index in [2.05, 4.69) is 21.6 Å². The van der Waals surface area contributed by atoms with E-state index < -0.39 is 0 Å². The number of thioether (sulfide) groups is 1. The van der Waals surface area contributed by atoms with E-state index in [-0.39, 0.29) is 5.91 Å². The summed E-state index contributed by atoms with van der Waals surface area (Å²) in [6.07, 6.45) is 1.61. The Morgan fingerprint density at radius 1 is 1.56 bits per heavy atom. The number of hydrogen-bond acceptors (Lipinski definition) is 4. The Balaban J connectivity index is 1.68. The first-order valence-corrected chi connectivity index (χ1v) is 6.77. The monoisotopic (exact) mass is 253 g/mol. The fourth-order valence-corrected chi connectivity index (χ4v) is 2.82. The lowest BCUT2D eigenvalue weighted by molar-refractivity contribution is -0.113. The number of carbonyl (C=O) groups is 1. The number of thiophene rings is 1. The number of nitrogens with zero attached hydrogens (tertiary/aromatic N) is 1. The van der Waals surface area contributed by atoms with Crippen molar-refractivity contribution in [3.8, 4) is 0 Å². The van der Waals surface area contributed by atoms with Crippen molar-refractivity contribution >= 4 is 34.8 Å².